The lowest BCUT2D eigenvalue weighted by atomic mass is 9.83. The summed E-state index contributed by atoms with van der Waals surface area (Å²) in [5.74, 6) is 0.944. The van der Waals surface area contributed by atoms with E-state index in [9.17, 15) is 0 Å². The first-order valence-electron chi connectivity index (χ1n) is 6.23. The van der Waals surface area contributed by atoms with Crippen LogP contribution in [0, 0.1) is 5.92 Å². The fourth-order valence-corrected chi connectivity index (χ4v) is 2.52. The van der Waals surface area contributed by atoms with Crippen LogP contribution in [-0.2, 0) is 0 Å². The molecule has 0 aromatic carbocycles. The van der Waals surface area contributed by atoms with Crippen LogP contribution in [0.3, 0.4) is 0 Å². The van der Waals surface area contributed by atoms with Crippen molar-refractivity contribution in [2.45, 2.75) is 58.4 Å². The van der Waals surface area contributed by atoms with Crippen LogP contribution >= 0.6 is 0 Å². The Balaban J connectivity index is 2.27. The Hall–Kier alpha value is -0.300. The van der Waals surface area contributed by atoms with Crippen LogP contribution in [0.2, 0.25) is 0 Å². The molecule has 0 saturated heterocycles. The zero-order chi connectivity index (χ0) is 10.2. The van der Waals surface area contributed by atoms with E-state index in [1.165, 1.54) is 38.5 Å². The molecule has 1 saturated carbocycles. The summed E-state index contributed by atoms with van der Waals surface area (Å²) < 4.78 is 0. The highest BCUT2D eigenvalue weighted by atomic mass is 14.9. The number of hydrogen-bond donors (Lipinski definition) is 1. The van der Waals surface area contributed by atoms with Gasteiger partial charge in [0.2, 0.25) is 0 Å². The average molecular weight is 195 g/mol. The molecule has 1 N–H and O–H groups in total. The van der Waals surface area contributed by atoms with Crippen molar-refractivity contribution in [3.05, 3.63) is 12.2 Å². The molecule has 1 atom stereocenters. The first-order chi connectivity index (χ1) is 6.88. The fourth-order valence-electron chi connectivity index (χ4n) is 2.52. The largest absolute Gasteiger partial charge is 0.310 e. The van der Waals surface area contributed by atoms with E-state index < -0.39 is 0 Å². The Morgan fingerprint density at radius 1 is 1.29 bits per heavy atom. The summed E-state index contributed by atoms with van der Waals surface area (Å²) in [5.41, 5.74) is 0. The lowest BCUT2D eigenvalue weighted by Gasteiger charge is -2.30. The van der Waals surface area contributed by atoms with Gasteiger partial charge in [-0.05, 0) is 32.1 Å². The lowest BCUT2D eigenvalue weighted by molar-refractivity contribution is 0.268. The van der Waals surface area contributed by atoms with E-state index in [2.05, 4.69) is 31.3 Å². The monoisotopic (exact) mass is 195 g/mol. The molecule has 1 aliphatic carbocycles. The molecular weight excluding hydrogens is 170 g/mol. The maximum Gasteiger partial charge on any atom is 0.0137 e. The molecule has 1 aliphatic rings. The van der Waals surface area contributed by atoms with Gasteiger partial charge in [-0.2, -0.15) is 0 Å². The maximum atomic E-state index is 3.65. The summed E-state index contributed by atoms with van der Waals surface area (Å²) in [4.78, 5) is 0. The summed E-state index contributed by atoms with van der Waals surface area (Å²) in [6, 6.07) is 0.756. The van der Waals surface area contributed by atoms with Gasteiger partial charge in [-0.15, -0.1) is 0 Å². The van der Waals surface area contributed by atoms with Crippen molar-refractivity contribution in [1.82, 2.24) is 5.32 Å². The summed E-state index contributed by atoms with van der Waals surface area (Å²) >= 11 is 0. The third kappa shape index (κ3) is 3.83. The van der Waals surface area contributed by atoms with E-state index in [1.807, 2.05) is 0 Å². The molecule has 82 valence electrons. The molecule has 1 nitrogen and oxygen atoms in total. The predicted octanol–water partition coefficient (Wildman–Crippen LogP) is 3.51. The molecule has 0 amide bonds. The Morgan fingerprint density at radius 3 is 2.57 bits per heavy atom. The van der Waals surface area contributed by atoms with Crippen LogP contribution in [0.1, 0.15) is 52.4 Å². The molecule has 14 heavy (non-hydrogen) atoms. The van der Waals surface area contributed by atoms with Crippen molar-refractivity contribution >= 4 is 0 Å². The molecule has 0 bridgehead atoms. The smallest absolute Gasteiger partial charge is 0.0137 e. The quantitative estimate of drug-likeness (QED) is 0.662. The third-order valence-electron chi connectivity index (χ3n) is 3.39. The number of rotatable bonds is 5. The number of nitrogens with one attached hydrogen (secondary N) is 1. The second-order valence-corrected chi connectivity index (χ2v) is 4.39. The van der Waals surface area contributed by atoms with E-state index in [1.54, 1.807) is 0 Å². The van der Waals surface area contributed by atoms with E-state index in [-0.39, 0.29) is 0 Å². The standard InChI is InChI=1S/C13H25N/c1-3-5-11-14-13(4-2)12-9-7-6-8-10-12/h3,5,12-14H,4,6-11H2,1-2H3/b5-3+. The van der Waals surface area contributed by atoms with Crippen molar-refractivity contribution in [1.29, 1.82) is 0 Å². The SMILES string of the molecule is C/C=C/CNC(CC)C1CCCCC1. The second-order valence-electron chi connectivity index (χ2n) is 4.39. The summed E-state index contributed by atoms with van der Waals surface area (Å²) in [7, 11) is 0. The molecule has 0 aliphatic heterocycles. The summed E-state index contributed by atoms with van der Waals surface area (Å²) in [6.45, 7) is 5.44. The molecule has 0 aromatic rings. The third-order valence-corrected chi connectivity index (χ3v) is 3.39. The highest BCUT2D eigenvalue weighted by molar-refractivity contribution is 4.84. The predicted molar refractivity (Wildman–Crippen MR) is 63.5 cm³/mol. The van der Waals surface area contributed by atoms with Crippen LogP contribution in [0.5, 0.6) is 0 Å². The van der Waals surface area contributed by atoms with Gasteiger partial charge in [0.25, 0.3) is 0 Å². The Labute approximate surface area is 89.0 Å². The maximum absolute atomic E-state index is 3.65. The fraction of sp³-hybridized carbons (Fsp3) is 0.846. The van der Waals surface area contributed by atoms with Crippen LogP contribution in [0.15, 0.2) is 12.2 Å². The minimum absolute atomic E-state index is 0.756. The van der Waals surface area contributed by atoms with Gasteiger partial charge < -0.3 is 5.32 Å². The second kappa shape index (κ2) is 7.05. The summed E-state index contributed by atoms with van der Waals surface area (Å²) in [5, 5.41) is 3.65. The van der Waals surface area contributed by atoms with E-state index in [0.717, 1.165) is 18.5 Å². The molecule has 1 heteroatoms. The van der Waals surface area contributed by atoms with Crippen molar-refractivity contribution in [3.63, 3.8) is 0 Å². The summed E-state index contributed by atoms with van der Waals surface area (Å²) in [6.07, 6.45) is 12.9. The number of hydrogen-bond acceptors (Lipinski definition) is 1. The van der Waals surface area contributed by atoms with E-state index in [4.69, 9.17) is 0 Å². The zero-order valence-corrected chi connectivity index (χ0v) is 9.76. The van der Waals surface area contributed by atoms with Gasteiger partial charge in [-0.1, -0.05) is 38.3 Å². The topological polar surface area (TPSA) is 12.0 Å². The Kier molecular flexibility index (Phi) is 5.93. The molecule has 0 radical (unpaired) electrons. The van der Waals surface area contributed by atoms with Crippen molar-refractivity contribution in [2.24, 2.45) is 5.92 Å². The zero-order valence-electron chi connectivity index (χ0n) is 9.76. The van der Waals surface area contributed by atoms with Crippen LogP contribution < -0.4 is 5.32 Å². The van der Waals surface area contributed by atoms with Gasteiger partial charge in [0.05, 0.1) is 0 Å². The first-order valence-corrected chi connectivity index (χ1v) is 6.23. The lowest BCUT2D eigenvalue weighted by Crippen LogP contribution is -2.36. The number of allylic oxidation sites excluding steroid dienone is 1. The Bertz CT molecular complexity index is 157. The van der Waals surface area contributed by atoms with Crippen molar-refractivity contribution < 1.29 is 0 Å². The minimum Gasteiger partial charge on any atom is -0.310 e. The highest BCUT2D eigenvalue weighted by Crippen LogP contribution is 2.27. The molecule has 0 aromatic heterocycles. The van der Waals surface area contributed by atoms with Crippen LogP contribution in [-0.4, -0.2) is 12.6 Å². The van der Waals surface area contributed by atoms with Gasteiger partial charge >= 0.3 is 0 Å². The van der Waals surface area contributed by atoms with Crippen molar-refractivity contribution in [2.75, 3.05) is 6.54 Å². The minimum atomic E-state index is 0.756. The van der Waals surface area contributed by atoms with Gasteiger partial charge in [0, 0.05) is 12.6 Å². The van der Waals surface area contributed by atoms with Crippen LogP contribution in [0.4, 0.5) is 0 Å². The molecule has 1 unspecified atom stereocenters. The van der Waals surface area contributed by atoms with Crippen molar-refractivity contribution in [3.8, 4) is 0 Å². The highest BCUT2D eigenvalue weighted by Gasteiger charge is 2.20. The molecule has 1 rings (SSSR count). The van der Waals surface area contributed by atoms with Gasteiger partial charge in [0.15, 0.2) is 0 Å². The normalized spacial score (nSPS) is 21.6. The van der Waals surface area contributed by atoms with E-state index in [0.29, 0.717) is 0 Å². The van der Waals surface area contributed by atoms with E-state index >= 15 is 0 Å². The van der Waals surface area contributed by atoms with Gasteiger partial charge in [-0.25, -0.2) is 0 Å². The molecule has 0 spiro atoms. The van der Waals surface area contributed by atoms with Gasteiger partial charge in [0.1, 0.15) is 0 Å². The Morgan fingerprint density at radius 2 is 2.00 bits per heavy atom. The molecule has 0 heterocycles. The van der Waals surface area contributed by atoms with Crippen LogP contribution in [0.25, 0.3) is 0 Å². The molecular formula is C13H25N. The average Bonchev–Trinajstić information content (AvgIpc) is 2.26. The first kappa shape index (κ1) is 11.8. The molecule has 1 fully saturated rings. The van der Waals surface area contributed by atoms with Gasteiger partial charge in [-0.3, -0.25) is 0 Å².